The second-order valence-electron chi connectivity index (χ2n) is 4.90. The number of methoxy groups -OCH3 is 1. The minimum atomic E-state index is -0.0527. The zero-order valence-corrected chi connectivity index (χ0v) is 11.9. The van der Waals surface area contributed by atoms with E-state index in [4.69, 9.17) is 4.74 Å². The molecule has 2 N–H and O–H groups in total. The molecule has 20 heavy (non-hydrogen) atoms. The normalized spacial score (nSPS) is 14.2. The van der Waals surface area contributed by atoms with Gasteiger partial charge in [0.15, 0.2) is 0 Å². The van der Waals surface area contributed by atoms with Crippen LogP contribution in [0.4, 0.5) is 5.82 Å². The van der Waals surface area contributed by atoms with Crippen molar-refractivity contribution in [1.29, 1.82) is 0 Å². The van der Waals surface area contributed by atoms with Crippen LogP contribution in [0.5, 0.6) is 0 Å². The van der Waals surface area contributed by atoms with E-state index in [0.717, 1.165) is 30.8 Å². The Balaban J connectivity index is 1.91. The molecule has 1 aliphatic carbocycles. The molecule has 1 heterocycles. The summed E-state index contributed by atoms with van der Waals surface area (Å²) < 4.78 is 4.89. The first-order valence-electron chi connectivity index (χ1n) is 7.13. The standard InChI is InChI=1S/C14H22N4O2/c1-20-8-7-15-13(19)9-16-14-11-5-3-2-4-6-12(11)17-10-18-14/h10H,2-9H2,1H3,(H,15,19)(H,16,17,18). The molecule has 0 spiro atoms. The van der Waals surface area contributed by atoms with Gasteiger partial charge in [0.2, 0.25) is 5.91 Å². The topological polar surface area (TPSA) is 76.1 Å². The molecule has 0 saturated carbocycles. The minimum absolute atomic E-state index is 0.0527. The van der Waals surface area contributed by atoms with Gasteiger partial charge in [-0.15, -0.1) is 0 Å². The molecule has 1 aliphatic rings. The monoisotopic (exact) mass is 278 g/mol. The number of carbonyl (C=O) groups excluding carboxylic acids is 1. The molecule has 1 aromatic rings. The third kappa shape index (κ3) is 4.16. The van der Waals surface area contributed by atoms with Gasteiger partial charge in [-0.3, -0.25) is 4.79 Å². The van der Waals surface area contributed by atoms with Crippen molar-refractivity contribution < 1.29 is 9.53 Å². The van der Waals surface area contributed by atoms with Crippen LogP contribution in [-0.4, -0.2) is 42.7 Å². The Labute approximate surface area is 119 Å². The van der Waals surface area contributed by atoms with Crippen LogP contribution in [-0.2, 0) is 22.4 Å². The second-order valence-corrected chi connectivity index (χ2v) is 4.90. The summed E-state index contributed by atoms with van der Waals surface area (Å²) in [7, 11) is 1.61. The second kappa shape index (κ2) is 7.79. The number of nitrogens with zero attached hydrogens (tertiary/aromatic N) is 2. The molecule has 0 fully saturated rings. The lowest BCUT2D eigenvalue weighted by Crippen LogP contribution is -2.32. The van der Waals surface area contributed by atoms with E-state index in [-0.39, 0.29) is 12.5 Å². The number of ether oxygens (including phenoxy) is 1. The number of aromatic nitrogens is 2. The van der Waals surface area contributed by atoms with Gasteiger partial charge in [-0.05, 0) is 25.7 Å². The van der Waals surface area contributed by atoms with Gasteiger partial charge >= 0.3 is 0 Å². The van der Waals surface area contributed by atoms with Gasteiger partial charge in [0.25, 0.3) is 0 Å². The molecule has 2 rings (SSSR count). The van der Waals surface area contributed by atoms with E-state index in [9.17, 15) is 4.79 Å². The summed E-state index contributed by atoms with van der Waals surface area (Å²) in [6.45, 7) is 1.28. The van der Waals surface area contributed by atoms with E-state index in [1.165, 1.54) is 18.4 Å². The Morgan fingerprint density at radius 3 is 3.00 bits per heavy atom. The molecule has 0 aliphatic heterocycles. The average molecular weight is 278 g/mol. The molecule has 0 unspecified atom stereocenters. The van der Waals surface area contributed by atoms with Crippen molar-refractivity contribution in [1.82, 2.24) is 15.3 Å². The summed E-state index contributed by atoms with van der Waals surface area (Å²) in [5.41, 5.74) is 2.30. The number of aryl methyl sites for hydroxylation is 1. The first-order chi connectivity index (χ1) is 9.81. The van der Waals surface area contributed by atoms with Crippen LogP contribution < -0.4 is 10.6 Å². The van der Waals surface area contributed by atoms with Crippen LogP contribution in [0.15, 0.2) is 6.33 Å². The van der Waals surface area contributed by atoms with Crippen molar-refractivity contribution in [3.63, 3.8) is 0 Å². The van der Waals surface area contributed by atoms with Crippen LogP contribution >= 0.6 is 0 Å². The molecule has 1 aromatic heterocycles. The fraction of sp³-hybridized carbons (Fsp3) is 0.643. The van der Waals surface area contributed by atoms with Crippen molar-refractivity contribution >= 4 is 11.7 Å². The van der Waals surface area contributed by atoms with E-state index in [1.807, 2.05) is 0 Å². The van der Waals surface area contributed by atoms with Crippen LogP contribution in [0.25, 0.3) is 0 Å². The number of amides is 1. The number of hydrogen-bond acceptors (Lipinski definition) is 5. The quantitative estimate of drug-likeness (QED) is 0.598. The first kappa shape index (κ1) is 14.7. The van der Waals surface area contributed by atoms with Crippen molar-refractivity contribution in [3.8, 4) is 0 Å². The Morgan fingerprint density at radius 2 is 2.15 bits per heavy atom. The molecule has 1 amide bonds. The highest BCUT2D eigenvalue weighted by Crippen LogP contribution is 2.23. The van der Waals surface area contributed by atoms with Gasteiger partial charge in [0.1, 0.15) is 12.1 Å². The molecule has 0 aromatic carbocycles. The maximum atomic E-state index is 11.7. The Kier molecular flexibility index (Phi) is 5.73. The third-order valence-electron chi connectivity index (χ3n) is 3.42. The predicted octanol–water partition coefficient (Wildman–Crippen LogP) is 0.920. The van der Waals surface area contributed by atoms with Crippen LogP contribution in [0.3, 0.4) is 0 Å². The van der Waals surface area contributed by atoms with E-state index < -0.39 is 0 Å². The smallest absolute Gasteiger partial charge is 0.239 e. The molecule has 0 radical (unpaired) electrons. The minimum Gasteiger partial charge on any atom is -0.383 e. The lowest BCUT2D eigenvalue weighted by Gasteiger charge is -2.12. The summed E-state index contributed by atoms with van der Waals surface area (Å²) in [5.74, 6) is 0.752. The molecule has 110 valence electrons. The lowest BCUT2D eigenvalue weighted by atomic mass is 10.1. The summed E-state index contributed by atoms with van der Waals surface area (Å²) in [5, 5.41) is 5.90. The van der Waals surface area contributed by atoms with Gasteiger partial charge in [-0.2, -0.15) is 0 Å². The van der Waals surface area contributed by atoms with Crippen molar-refractivity contribution in [2.75, 3.05) is 32.1 Å². The summed E-state index contributed by atoms with van der Waals surface area (Å²) in [4.78, 5) is 20.3. The first-order valence-corrected chi connectivity index (χ1v) is 7.13. The fourth-order valence-corrected chi connectivity index (χ4v) is 2.37. The van der Waals surface area contributed by atoms with E-state index in [1.54, 1.807) is 13.4 Å². The zero-order valence-electron chi connectivity index (χ0n) is 11.9. The molecule has 0 atom stereocenters. The van der Waals surface area contributed by atoms with E-state index >= 15 is 0 Å². The number of anilines is 1. The average Bonchev–Trinajstić information content (AvgIpc) is 2.71. The number of fused-ring (bicyclic) bond motifs is 1. The van der Waals surface area contributed by atoms with Gasteiger partial charge in [0.05, 0.1) is 13.2 Å². The summed E-state index contributed by atoms with van der Waals surface area (Å²) in [6, 6.07) is 0. The Morgan fingerprint density at radius 1 is 1.30 bits per heavy atom. The molecule has 0 bridgehead atoms. The van der Waals surface area contributed by atoms with Crippen molar-refractivity contribution in [2.45, 2.75) is 32.1 Å². The van der Waals surface area contributed by atoms with E-state index in [0.29, 0.717) is 13.2 Å². The number of carbonyl (C=O) groups is 1. The third-order valence-corrected chi connectivity index (χ3v) is 3.42. The highest BCUT2D eigenvalue weighted by molar-refractivity contribution is 5.80. The Bertz CT molecular complexity index is 451. The predicted molar refractivity (Wildman–Crippen MR) is 76.7 cm³/mol. The fourth-order valence-electron chi connectivity index (χ4n) is 2.37. The summed E-state index contributed by atoms with van der Waals surface area (Å²) >= 11 is 0. The molecule has 6 nitrogen and oxygen atoms in total. The number of nitrogens with one attached hydrogen (secondary N) is 2. The SMILES string of the molecule is COCCNC(=O)CNc1ncnc2c1CCCCC2. The van der Waals surface area contributed by atoms with Crippen LogP contribution in [0, 0.1) is 0 Å². The highest BCUT2D eigenvalue weighted by Gasteiger charge is 2.14. The van der Waals surface area contributed by atoms with Crippen LogP contribution in [0.1, 0.15) is 30.5 Å². The van der Waals surface area contributed by atoms with Gasteiger partial charge < -0.3 is 15.4 Å². The Hall–Kier alpha value is -1.69. The van der Waals surface area contributed by atoms with Gasteiger partial charge in [-0.25, -0.2) is 9.97 Å². The largest absolute Gasteiger partial charge is 0.383 e. The molecular weight excluding hydrogens is 256 g/mol. The highest BCUT2D eigenvalue weighted by atomic mass is 16.5. The molecular formula is C14H22N4O2. The van der Waals surface area contributed by atoms with E-state index in [2.05, 4.69) is 20.6 Å². The lowest BCUT2D eigenvalue weighted by molar-refractivity contribution is -0.119. The van der Waals surface area contributed by atoms with Crippen molar-refractivity contribution in [3.05, 3.63) is 17.6 Å². The molecule has 6 heteroatoms. The number of hydrogen-bond donors (Lipinski definition) is 2. The van der Waals surface area contributed by atoms with Gasteiger partial charge in [-0.1, -0.05) is 6.42 Å². The maximum Gasteiger partial charge on any atom is 0.239 e. The zero-order chi connectivity index (χ0) is 14.2. The van der Waals surface area contributed by atoms with Crippen LogP contribution in [0.2, 0.25) is 0 Å². The maximum absolute atomic E-state index is 11.7. The van der Waals surface area contributed by atoms with Crippen molar-refractivity contribution in [2.24, 2.45) is 0 Å². The summed E-state index contributed by atoms with van der Waals surface area (Å²) in [6.07, 6.45) is 7.15. The van der Waals surface area contributed by atoms with Gasteiger partial charge in [0, 0.05) is 24.9 Å². The molecule has 0 saturated heterocycles. The number of rotatable bonds is 6.